The number of benzene rings is 2. The lowest BCUT2D eigenvalue weighted by atomic mass is 10.0. The molecule has 122 valence electrons. The lowest BCUT2D eigenvalue weighted by Crippen LogP contribution is -2.28. The van der Waals surface area contributed by atoms with Gasteiger partial charge in [0, 0.05) is 6.42 Å². The van der Waals surface area contributed by atoms with Crippen LogP contribution in [0.1, 0.15) is 37.3 Å². The molecule has 0 spiro atoms. The predicted octanol–water partition coefficient (Wildman–Crippen LogP) is 3.94. The fourth-order valence-electron chi connectivity index (χ4n) is 2.43. The summed E-state index contributed by atoms with van der Waals surface area (Å²) in [6, 6.07) is 18.1. The molecule has 2 rings (SSSR count). The van der Waals surface area contributed by atoms with E-state index in [4.69, 9.17) is 4.74 Å². The van der Waals surface area contributed by atoms with Crippen molar-refractivity contribution in [3.63, 3.8) is 0 Å². The summed E-state index contributed by atoms with van der Waals surface area (Å²) in [5.41, 5.74) is 2.38. The minimum atomic E-state index is 0.0644. The van der Waals surface area contributed by atoms with Gasteiger partial charge >= 0.3 is 0 Å². The smallest absolute Gasteiger partial charge is 0.220 e. The number of aryl methyl sites for hydroxylation is 1. The number of carbonyl (C=O) groups is 1. The Morgan fingerprint density at radius 3 is 2.48 bits per heavy atom. The molecule has 0 fully saturated rings. The molecule has 1 amide bonds. The van der Waals surface area contributed by atoms with Gasteiger partial charge in [-0.2, -0.15) is 0 Å². The molecule has 0 atom stereocenters. The normalized spacial score (nSPS) is 10.6. The van der Waals surface area contributed by atoms with Gasteiger partial charge in [0.25, 0.3) is 0 Å². The zero-order valence-electron chi connectivity index (χ0n) is 13.9. The first kappa shape index (κ1) is 17.1. The monoisotopic (exact) mass is 311 g/mol. The highest BCUT2D eigenvalue weighted by atomic mass is 16.5. The van der Waals surface area contributed by atoms with Crippen molar-refractivity contribution in [3.8, 4) is 5.75 Å². The van der Waals surface area contributed by atoms with Gasteiger partial charge in [-0.05, 0) is 29.5 Å². The molecule has 0 unspecified atom stereocenters. The Kier molecular flexibility index (Phi) is 6.67. The Labute approximate surface area is 138 Å². The van der Waals surface area contributed by atoms with Crippen LogP contribution in [0.15, 0.2) is 54.6 Å². The molecule has 0 saturated heterocycles. The van der Waals surface area contributed by atoms with E-state index in [0.717, 1.165) is 12.2 Å². The Morgan fingerprint density at radius 2 is 1.74 bits per heavy atom. The van der Waals surface area contributed by atoms with Gasteiger partial charge in [-0.15, -0.1) is 0 Å². The first-order valence-electron chi connectivity index (χ1n) is 8.19. The van der Waals surface area contributed by atoms with Crippen molar-refractivity contribution in [1.82, 2.24) is 5.32 Å². The zero-order chi connectivity index (χ0) is 16.5. The SMILES string of the molecule is CC(C)c1ccccc1OCCNC(=O)CCc1ccccc1. The minimum absolute atomic E-state index is 0.0644. The number of nitrogens with one attached hydrogen (secondary N) is 1. The third-order valence-electron chi connectivity index (χ3n) is 3.71. The van der Waals surface area contributed by atoms with Crippen molar-refractivity contribution < 1.29 is 9.53 Å². The van der Waals surface area contributed by atoms with Crippen LogP contribution in [-0.2, 0) is 11.2 Å². The summed E-state index contributed by atoms with van der Waals surface area (Å²) in [5.74, 6) is 1.39. The van der Waals surface area contributed by atoms with E-state index >= 15 is 0 Å². The van der Waals surface area contributed by atoms with E-state index in [-0.39, 0.29) is 5.91 Å². The Balaban J connectivity index is 1.68. The van der Waals surface area contributed by atoms with Crippen LogP contribution in [0.3, 0.4) is 0 Å². The third kappa shape index (κ3) is 5.78. The van der Waals surface area contributed by atoms with Crippen LogP contribution in [0.2, 0.25) is 0 Å². The first-order valence-corrected chi connectivity index (χ1v) is 8.19. The molecule has 2 aromatic carbocycles. The van der Waals surface area contributed by atoms with Crippen molar-refractivity contribution >= 4 is 5.91 Å². The average molecular weight is 311 g/mol. The molecular formula is C20H25NO2. The molecule has 0 bridgehead atoms. The highest BCUT2D eigenvalue weighted by molar-refractivity contribution is 5.76. The maximum atomic E-state index is 11.8. The van der Waals surface area contributed by atoms with Gasteiger partial charge in [-0.3, -0.25) is 4.79 Å². The van der Waals surface area contributed by atoms with E-state index in [1.54, 1.807) is 0 Å². The summed E-state index contributed by atoms with van der Waals surface area (Å²) in [5, 5.41) is 2.91. The maximum Gasteiger partial charge on any atom is 0.220 e. The second-order valence-electron chi connectivity index (χ2n) is 5.88. The molecule has 0 aliphatic carbocycles. The summed E-state index contributed by atoms with van der Waals surface area (Å²) in [6.07, 6.45) is 1.27. The number of amides is 1. The molecule has 2 aromatic rings. The van der Waals surface area contributed by atoms with Crippen molar-refractivity contribution in [2.24, 2.45) is 0 Å². The third-order valence-corrected chi connectivity index (χ3v) is 3.71. The van der Waals surface area contributed by atoms with Crippen LogP contribution in [-0.4, -0.2) is 19.1 Å². The minimum Gasteiger partial charge on any atom is -0.491 e. The highest BCUT2D eigenvalue weighted by Crippen LogP contribution is 2.25. The molecule has 0 aromatic heterocycles. The maximum absolute atomic E-state index is 11.8. The summed E-state index contributed by atoms with van der Waals surface area (Å²) < 4.78 is 5.80. The van der Waals surface area contributed by atoms with Crippen LogP contribution in [0.5, 0.6) is 5.75 Å². The zero-order valence-corrected chi connectivity index (χ0v) is 13.9. The van der Waals surface area contributed by atoms with Crippen molar-refractivity contribution in [3.05, 3.63) is 65.7 Å². The highest BCUT2D eigenvalue weighted by Gasteiger charge is 2.07. The molecule has 3 heteroatoms. The van der Waals surface area contributed by atoms with Crippen molar-refractivity contribution in [1.29, 1.82) is 0 Å². The second kappa shape index (κ2) is 8.99. The quantitative estimate of drug-likeness (QED) is 0.750. The van der Waals surface area contributed by atoms with Crippen LogP contribution in [0, 0.1) is 0 Å². The standard InChI is InChI=1S/C20H25NO2/c1-16(2)18-10-6-7-11-19(18)23-15-14-21-20(22)13-12-17-8-4-3-5-9-17/h3-11,16H,12-15H2,1-2H3,(H,21,22). The molecule has 0 aliphatic rings. The molecule has 23 heavy (non-hydrogen) atoms. The molecule has 0 saturated carbocycles. The van der Waals surface area contributed by atoms with Crippen LogP contribution >= 0.6 is 0 Å². The van der Waals surface area contributed by atoms with Gasteiger partial charge in [0.15, 0.2) is 0 Å². The fourth-order valence-corrected chi connectivity index (χ4v) is 2.43. The Hall–Kier alpha value is -2.29. The van der Waals surface area contributed by atoms with Crippen molar-refractivity contribution in [2.75, 3.05) is 13.2 Å². The summed E-state index contributed by atoms with van der Waals surface area (Å²) >= 11 is 0. The summed E-state index contributed by atoms with van der Waals surface area (Å²) in [7, 11) is 0. The number of rotatable bonds is 8. The summed E-state index contributed by atoms with van der Waals surface area (Å²) in [4.78, 5) is 11.8. The second-order valence-corrected chi connectivity index (χ2v) is 5.88. The molecule has 0 radical (unpaired) electrons. The number of para-hydroxylation sites is 1. The fraction of sp³-hybridized carbons (Fsp3) is 0.350. The van der Waals surface area contributed by atoms with E-state index in [1.807, 2.05) is 48.5 Å². The summed E-state index contributed by atoms with van der Waals surface area (Å²) in [6.45, 7) is 5.31. The van der Waals surface area contributed by atoms with E-state index in [0.29, 0.717) is 25.5 Å². The van der Waals surface area contributed by atoms with E-state index in [9.17, 15) is 4.79 Å². The van der Waals surface area contributed by atoms with Crippen molar-refractivity contribution in [2.45, 2.75) is 32.6 Å². The van der Waals surface area contributed by atoms with E-state index in [2.05, 4.69) is 25.2 Å². The van der Waals surface area contributed by atoms with Gasteiger partial charge < -0.3 is 10.1 Å². The van der Waals surface area contributed by atoms with E-state index < -0.39 is 0 Å². The number of hydrogen-bond acceptors (Lipinski definition) is 2. The number of carbonyl (C=O) groups excluding carboxylic acids is 1. The van der Waals surface area contributed by atoms with Crippen LogP contribution < -0.4 is 10.1 Å². The van der Waals surface area contributed by atoms with Gasteiger partial charge in [0.05, 0.1) is 6.54 Å². The van der Waals surface area contributed by atoms with Gasteiger partial charge in [0.1, 0.15) is 12.4 Å². The average Bonchev–Trinajstić information content (AvgIpc) is 2.58. The topological polar surface area (TPSA) is 38.3 Å². The predicted molar refractivity (Wildman–Crippen MR) is 93.8 cm³/mol. The largest absolute Gasteiger partial charge is 0.491 e. The number of ether oxygens (including phenoxy) is 1. The molecule has 1 N–H and O–H groups in total. The van der Waals surface area contributed by atoms with Gasteiger partial charge in [-0.25, -0.2) is 0 Å². The molecular weight excluding hydrogens is 286 g/mol. The van der Waals surface area contributed by atoms with Crippen LogP contribution in [0.4, 0.5) is 0 Å². The molecule has 0 heterocycles. The van der Waals surface area contributed by atoms with Crippen LogP contribution in [0.25, 0.3) is 0 Å². The Morgan fingerprint density at radius 1 is 1.04 bits per heavy atom. The molecule has 0 aliphatic heterocycles. The van der Waals surface area contributed by atoms with Gasteiger partial charge in [-0.1, -0.05) is 62.4 Å². The first-order chi connectivity index (χ1) is 11.2. The molecule has 3 nitrogen and oxygen atoms in total. The van der Waals surface area contributed by atoms with E-state index in [1.165, 1.54) is 11.1 Å². The Bertz CT molecular complexity index is 608. The lowest BCUT2D eigenvalue weighted by Gasteiger charge is -2.14. The van der Waals surface area contributed by atoms with Gasteiger partial charge in [0.2, 0.25) is 5.91 Å². The lowest BCUT2D eigenvalue weighted by molar-refractivity contribution is -0.121. The number of hydrogen-bond donors (Lipinski definition) is 1.